The Morgan fingerprint density at radius 2 is 1.94 bits per heavy atom. The molecule has 0 radical (unpaired) electrons. The van der Waals surface area contributed by atoms with Crippen molar-refractivity contribution in [3.8, 4) is 0 Å². The number of nitrogens with zero attached hydrogens (tertiary/aromatic N) is 2. The monoisotopic (exact) mass is 239 g/mol. The van der Waals surface area contributed by atoms with Crippen molar-refractivity contribution in [2.75, 3.05) is 39.3 Å². The van der Waals surface area contributed by atoms with Crippen LogP contribution in [0, 0.1) is 0 Å². The molecular weight excluding hydrogens is 210 g/mol. The van der Waals surface area contributed by atoms with Crippen molar-refractivity contribution < 1.29 is 0 Å². The molecule has 2 aliphatic rings. The third-order valence-corrected chi connectivity index (χ3v) is 4.33. The molecule has 2 fully saturated rings. The zero-order valence-electron chi connectivity index (χ0n) is 11.6. The lowest BCUT2D eigenvalue weighted by Gasteiger charge is -2.37. The van der Waals surface area contributed by atoms with Gasteiger partial charge in [0.2, 0.25) is 0 Å². The van der Waals surface area contributed by atoms with E-state index >= 15 is 0 Å². The summed E-state index contributed by atoms with van der Waals surface area (Å²) in [7, 11) is 0. The molecule has 2 heterocycles. The summed E-state index contributed by atoms with van der Waals surface area (Å²) >= 11 is 0. The van der Waals surface area contributed by atoms with Gasteiger partial charge in [-0.15, -0.1) is 0 Å². The molecule has 2 saturated heterocycles. The molecule has 0 aromatic rings. The van der Waals surface area contributed by atoms with Crippen LogP contribution in [0.25, 0.3) is 0 Å². The van der Waals surface area contributed by atoms with Gasteiger partial charge in [-0.05, 0) is 52.6 Å². The molecule has 0 aromatic carbocycles. The highest BCUT2D eigenvalue weighted by Crippen LogP contribution is 2.12. The van der Waals surface area contributed by atoms with Crippen LogP contribution in [0.15, 0.2) is 0 Å². The minimum atomic E-state index is 0.722. The van der Waals surface area contributed by atoms with Gasteiger partial charge in [0.05, 0.1) is 0 Å². The third-order valence-electron chi connectivity index (χ3n) is 4.33. The average molecular weight is 239 g/mol. The molecule has 0 bridgehead atoms. The number of rotatable bonds is 5. The fraction of sp³-hybridized carbons (Fsp3) is 1.00. The van der Waals surface area contributed by atoms with E-state index in [2.05, 4.69) is 29.0 Å². The van der Waals surface area contributed by atoms with Crippen LogP contribution in [-0.2, 0) is 0 Å². The number of piperazine rings is 1. The van der Waals surface area contributed by atoms with Gasteiger partial charge in [0, 0.05) is 38.3 Å². The lowest BCUT2D eigenvalue weighted by atomic mass is 10.1. The van der Waals surface area contributed by atoms with E-state index in [1.807, 2.05) is 0 Å². The van der Waals surface area contributed by atoms with Crippen LogP contribution in [-0.4, -0.2) is 61.2 Å². The predicted octanol–water partition coefficient (Wildman–Crippen LogP) is 1.54. The average Bonchev–Trinajstić information content (AvgIpc) is 2.83. The van der Waals surface area contributed by atoms with E-state index in [9.17, 15) is 0 Å². The van der Waals surface area contributed by atoms with Crippen LogP contribution >= 0.6 is 0 Å². The van der Waals surface area contributed by atoms with Crippen LogP contribution in [0.4, 0.5) is 0 Å². The highest BCUT2D eigenvalue weighted by molar-refractivity contribution is 4.77. The third kappa shape index (κ3) is 4.23. The van der Waals surface area contributed by atoms with Gasteiger partial charge >= 0.3 is 0 Å². The first-order valence-corrected chi connectivity index (χ1v) is 7.45. The maximum absolute atomic E-state index is 3.59. The zero-order valence-corrected chi connectivity index (χ0v) is 11.6. The van der Waals surface area contributed by atoms with Crippen LogP contribution in [0.2, 0.25) is 0 Å². The molecule has 0 spiro atoms. The normalized spacial score (nSPS) is 28.1. The Morgan fingerprint density at radius 1 is 1.18 bits per heavy atom. The van der Waals surface area contributed by atoms with Crippen molar-refractivity contribution in [3.05, 3.63) is 0 Å². The molecule has 2 aliphatic heterocycles. The first-order valence-electron chi connectivity index (χ1n) is 7.45. The predicted molar refractivity (Wildman–Crippen MR) is 73.4 cm³/mol. The summed E-state index contributed by atoms with van der Waals surface area (Å²) in [6.45, 7) is 12.2. The summed E-state index contributed by atoms with van der Waals surface area (Å²) < 4.78 is 0. The fourth-order valence-electron chi connectivity index (χ4n) is 3.07. The van der Waals surface area contributed by atoms with Gasteiger partial charge in [0.1, 0.15) is 0 Å². The van der Waals surface area contributed by atoms with E-state index in [1.165, 1.54) is 65.0 Å². The quantitative estimate of drug-likeness (QED) is 0.785. The Kier molecular flexibility index (Phi) is 5.26. The maximum Gasteiger partial charge on any atom is 0.0113 e. The Bertz CT molecular complexity index is 204. The van der Waals surface area contributed by atoms with Crippen molar-refractivity contribution >= 4 is 0 Å². The van der Waals surface area contributed by atoms with Crippen molar-refractivity contribution in [3.63, 3.8) is 0 Å². The summed E-state index contributed by atoms with van der Waals surface area (Å²) in [5, 5.41) is 3.59. The van der Waals surface area contributed by atoms with E-state index in [0.717, 1.165) is 12.1 Å². The van der Waals surface area contributed by atoms with Crippen molar-refractivity contribution in [2.45, 2.75) is 51.6 Å². The van der Waals surface area contributed by atoms with E-state index in [-0.39, 0.29) is 0 Å². The number of nitrogens with one attached hydrogen (secondary N) is 1. The Labute approximate surface area is 107 Å². The fourth-order valence-corrected chi connectivity index (χ4v) is 3.07. The Balaban J connectivity index is 1.55. The lowest BCUT2D eigenvalue weighted by Crippen LogP contribution is -2.49. The van der Waals surface area contributed by atoms with Crippen molar-refractivity contribution in [1.82, 2.24) is 15.1 Å². The van der Waals surface area contributed by atoms with Gasteiger partial charge in [0.15, 0.2) is 0 Å². The minimum absolute atomic E-state index is 0.722. The molecule has 0 aliphatic carbocycles. The molecule has 0 aromatic heterocycles. The summed E-state index contributed by atoms with van der Waals surface area (Å²) in [6.07, 6.45) is 5.54. The van der Waals surface area contributed by atoms with E-state index in [4.69, 9.17) is 0 Å². The Hall–Kier alpha value is -0.120. The van der Waals surface area contributed by atoms with Gasteiger partial charge in [-0.1, -0.05) is 0 Å². The first-order chi connectivity index (χ1) is 8.25. The molecule has 1 unspecified atom stereocenters. The molecule has 0 saturated carbocycles. The molecule has 1 N–H and O–H groups in total. The zero-order chi connectivity index (χ0) is 12.1. The highest BCUT2D eigenvalue weighted by atomic mass is 15.3. The number of hydrogen-bond acceptors (Lipinski definition) is 3. The lowest BCUT2D eigenvalue weighted by molar-refractivity contribution is 0.107. The summed E-state index contributed by atoms with van der Waals surface area (Å²) in [4.78, 5) is 5.24. The Morgan fingerprint density at radius 3 is 2.53 bits per heavy atom. The second-order valence-electron chi connectivity index (χ2n) is 5.91. The molecule has 3 heteroatoms. The number of hydrogen-bond donors (Lipinski definition) is 1. The van der Waals surface area contributed by atoms with E-state index < -0.39 is 0 Å². The molecule has 3 nitrogen and oxygen atoms in total. The van der Waals surface area contributed by atoms with Gasteiger partial charge in [-0.2, -0.15) is 0 Å². The smallest absolute Gasteiger partial charge is 0.0113 e. The van der Waals surface area contributed by atoms with Crippen molar-refractivity contribution in [1.29, 1.82) is 0 Å². The summed E-state index contributed by atoms with van der Waals surface area (Å²) in [5.41, 5.74) is 0. The first kappa shape index (κ1) is 13.3. The largest absolute Gasteiger partial charge is 0.314 e. The van der Waals surface area contributed by atoms with Crippen molar-refractivity contribution in [2.24, 2.45) is 0 Å². The van der Waals surface area contributed by atoms with Gasteiger partial charge in [-0.25, -0.2) is 0 Å². The van der Waals surface area contributed by atoms with E-state index in [1.54, 1.807) is 0 Å². The van der Waals surface area contributed by atoms with Crippen LogP contribution in [0.3, 0.4) is 0 Å². The van der Waals surface area contributed by atoms with E-state index in [0.29, 0.717) is 0 Å². The molecule has 2 rings (SSSR count). The standard InChI is InChI=1S/C14H29N3/c1-13(2)17-11-9-16(10-12-17)8-4-6-14-5-3-7-15-14/h13-15H,3-12H2,1-2H3. The molecule has 1 atom stereocenters. The summed E-state index contributed by atoms with van der Waals surface area (Å²) in [6, 6.07) is 1.55. The molecule has 0 amide bonds. The molecule has 100 valence electrons. The second kappa shape index (κ2) is 6.72. The minimum Gasteiger partial charge on any atom is -0.314 e. The maximum atomic E-state index is 3.59. The molecular formula is C14H29N3. The van der Waals surface area contributed by atoms with Crippen LogP contribution in [0.1, 0.15) is 39.5 Å². The topological polar surface area (TPSA) is 18.5 Å². The van der Waals surface area contributed by atoms with Gasteiger partial charge in [0.25, 0.3) is 0 Å². The van der Waals surface area contributed by atoms with Gasteiger partial charge in [-0.3, -0.25) is 4.90 Å². The molecule has 17 heavy (non-hydrogen) atoms. The highest BCUT2D eigenvalue weighted by Gasteiger charge is 2.19. The second-order valence-corrected chi connectivity index (χ2v) is 5.91. The van der Waals surface area contributed by atoms with Crippen LogP contribution in [0.5, 0.6) is 0 Å². The SMILES string of the molecule is CC(C)N1CCN(CCCC2CCCN2)CC1. The van der Waals surface area contributed by atoms with Crippen LogP contribution < -0.4 is 5.32 Å². The van der Waals surface area contributed by atoms with Gasteiger partial charge < -0.3 is 10.2 Å². The summed E-state index contributed by atoms with van der Waals surface area (Å²) in [5.74, 6) is 0.